The Kier molecular flexibility index (Phi) is 8.06. The van der Waals surface area contributed by atoms with Crippen molar-refractivity contribution in [2.75, 3.05) is 19.7 Å². The Balaban J connectivity index is 1.63. The summed E-state index contributed by atoms with van der Waals surface area (Å²) in [6.07, 6.45) is 2.82. The molecule has 2 amide bonds. The number of para-hydroxylation sites is 1. The molecule has 2 heterocycles. The fourth-order valence-electron chi connectivity index (χ4n) is 4.29. The van der Waals surface area contributed by atoms with E-state index in [0.29, 0.717) is 25.4 Å². The predicted molar refractivity (Wildman–Crippen MR) is 128 cm³/mol. The van der Waals surface area contributed by atoms with E-state index < -0.39 is 29.8 Å². The highest BCUT2D eigenvalue weighted by atomic mass is 16.6. The number of hydrogen-bond donors (Lipinski definition) is 2. The van der Waals surface area contributed by atoms with Gasteiger partial charge in [0.2, 0.25) is 0 Å². The second kappa shape index (κ2) is 10.8. The highest BCUT2D eigenvalue weighted by molar-refractivity contribution is 5.86. The number of benzene rings is 1. The summed E-state index contributed by atoms with van der Waals surface area (Å²) in [5.74, 6) is -0.208. The molecule has 9 heteroatoms. The van der Waals surface area contributed by atoms with Gasteiger partial charge in [0, 0.05) is 43.7 Å². The zero-order valence-electron chi connectivity index (χ0n) is 20.4. The molecule has 2 N–H and O–H groups in total. The van der Waals surface area contributed by atoms with E-state index in [0.717, 1.165) is 29.3 Å². The van der Waals surface area contributed by atoms with E-state index in [1.54, 1.807) is 20.8 Å². The summed E-state index contributed by atoms with van der Waals surface area (Å²) in [4.78, 5) is 37.9. The fourth-order valence-corrected chi connectivity index (χ4v) is 4.29. The van der Waals surface area contributed by atoms with Crippen LogP contribution in [0.1, 0.15) is 45.6 Å². The normalized spacial score (nSPS) is 15.7. The minimum Gasteiger partial charge on any atom is -0.465 e. The Morgan fingerprint density at radius 1 is 1.18 bits per heavy atom. The van der Waals surface area contributed by atoms with Crippen LogP contribution in [0.2, 0.25) is 0 Å². The van der Waals surface area contributed by atoms with Crippen LogP contribution in [0.5, 0.6) is 0 Å². The number of nitrogens with one attached hydrogen (secondary N) is 1. The molecule has 1 aliphatic heterocycles. The van der Waals surface area contributed by atoms with Crippen molar-refractivity contribution in [2.45, 2.75) is 58.1 Å². The molecule has 1 atom stereocenters. The SMILES string of the molecule is Cn1cc(C[C@@H](NC(=O)OC(C)(C)C)C(=O)OCCC2CCN(C(=O)O)CC2)c2ccccc21. The largest absolute Gasteiger partial charge is 0.465 e. The molecule has 0 spiro atoms. The maximum atomic E-state index is 13.0. The molecule has 186 valence electrons. The molecule has 9 nitrogen and oxygen atoms in total. The van der Waals surface area contributed by atoms with Crippen LogP contribution in [0, 0.1) is 5.92 Å². The van der Waals surface area contributed by atoms with Gasteiger partial charge in [0.05, 0.1) is 6.61 Å². The van der Waals surface area contributed by atoms with E-state index in [1.165, 1.54) is 4.90 Å². The number of nitrogens with zero attached hydrogens (tertiary/aromatic N) is 2. The number of carbonyl (C=O) groups is 3. The molecule has 1 saturated heterocycles. The summed E-state index contributed by atoms with van der Waals surface area (Å²) in [6, 6.07) is 7.00. The number of fused-ring (bicyclic) bond motifs is 1. The first kappa shape index (κ1) is 25.4. The van der Waals surface area contributed by atoms with E-state index in [2.05, 4.69) is 5.32 Å². The summed E-state index contributed by atoms with van der Waals surface area (Å²) in [6.45, 7) is 6.51. The average molecular weight is 474 g/mol. The van der Waals surface area contributed by atoms with Crippen molar-refractivity contribution >= 4 is 29.1 Å². The Labute approximate surface area is 200 Å². The van der Waals surface area contributed by atoms with Gasteiger partial charge in [0.25, 0.3) is 0 Å². The number of rotatable bonds is 7. The van der Waals surface area contributed by atoms with Gasteiger partial charge in [-0.1, -0.05) is 18.2 Å². The molecular formula is C25H35N3O6. The highest BCUT2D eigenvalue weighted by Crippen LogP contribution is 2.23. The van der Waals surface area contributed by atoms with Gasteiger partial charge in [-0.3, -0.25) is 0 Å². The number of piperidine rings is 1. The van der Waals surface area contributed by atoms with Crippen molar-refractivity contribution in [2.24, 2.45) is 13.0 Å². The number of amides is 2. The molecule has 0 saturated carbocycles. The Morgan fingerprint density at radius 3 is 2.50 bits per heavy atom. The molecule has 0 aliphatic carbocycles. The van der Waals surface area contributed by atoms with Crippen molar-refractivity contribution in [1.82, 2.24) is 14.8 Å². The summed E-state index contributed by atoms with van der Waals surface area (Å²) < 4.78 is 12.9. The van der Waals surface area contributed by atoms with E-state index in [-0.39, 0.29) is 13.0 Å². The summed E-state index contributed by atoms with van der Waals surface area (Å²) in [5, 5.41) is 12.8. The number of carbonyl (C=O) groups excluding carboxylic acids is 2. The third kappa shape index (κ3) is 6.88. The summed E-state index contributed by atoms with van der Waals surface area (Å²) in [7, 11) is 1.94. The zero-order valence-corrected chi connectivity index (χ0v) is 20.4. The summed E-state index contributed by atoms with van der Waals surface area (Å²) in [5.41, 5.74) is 1.27. The van der Waals surface area contributed by atoms with Crippen LogP contribution in [0.25, 0.3) is 10.9 Å². The van der Waals surface area contributed by atoms with Gasteiger partial charge < -0.3 is 29.4 Å². The Bertz CT molecular complexity index is 1020. The lowest BCUT2D eigenvalue weighted by Crippen LogP contribution is -2.45. The number of esters is 1. The van der Waals surface area contributed by atoms with Crippen LogP contribution < -0.4 is 5.32 Å². The first-order chi connectivity index (χ1) is 16.0. The second-order valence-electron chi connectivity index (χ2n) is 9.85. The monoisotopic (exact) mass is 473 g/mol. The quantitative estimate of drug-likeness (QED) is 0.590. The van der Waals surface area contributed by atoms with Gasteiger partial charge in [-0.25, -0.2) is 14.4 Å². The summed E-state index contributed by atoms with van der Waals surface area (Å²) >= 11 is 0. The number of likely N-dealkylation sites (tertiary alicyclic amines) is 1. The van der Waals surface area contributed by atoms with Crippen molar-refractivity contribution in [3.8, 4) is 0 Å². The third-order valence-corrected chi connectivity index (χ3v) is 6.03. The van der Waals surface area contributed by atoms with Gasteiger partial charge in [-0.05, 0) is 57.6 Å². The van der Waals surface area contributed by atoms with Crippen molar-refractivity contribution in [3.05, 3.63) is 36.0 Å². The third-order valence-electron chi connectivity index (χ3n) is 6.03. The van der Waals surface area contributed by atoms with E-state index in [1.807, 2.05) is 42.1 Å². The molecule has 34 heavy (non-hydrogen) atoms. The van der Waals surface area contributed by atoms with Crippen LogP contribution >= 0.6 is 0 Å². The van der Waals surface area contributed by atoms with E-state index >= 15 is 0 Å². The zero-order chi connectivity index (χ0) is 24.9. The average Bonchev–Trinajstić information content (AvgIpc) is 3.08. The van der Waals surface area contributed by atoms with Gasteiger partial charge in [-0.15, -0.1) is 0 Å². The van der Waals surface area contributed by atoms with Gasteiger partial charge in [0.15, 0.2) is 0 Å². The van der Waals surface area contributed by atoms with Crippen LogP contribution in [-0.2, 0) is 27.7 Å². The number of aromatic nitrogens is 1. The maximum Gasteiger partial charge on any atom is 0.408 e. The molecule has 2 aromatic rings. The van der Waals surface area contributed by atoms with Crippen molar-refractivity contribution in [1.29, 1.82) is 0 Å². The molecule has 0 unspecified atom stereocenters. The first-order valence-corrected chi connectivity index (χ1v) is 11.7. The number of carboxylic acid groups (broad SMARTS) is 1. The van der Waals surface area contributed by atoms with Crippen molar-refractivity contribution in [3.63, 3.8) is 0 Å². The number of hydrogen-bond acceptors (Lipinski definition) is 5. The molecule has 0 bridgehead atoms. The molecular weight excluding hydrogens is 438 g/mol. The predicted octanol–water partition coefficient (Wildman–Crippen LogP) is 3.94. The van der Waals surface area contributed by atoms with E-state index in [4.69, 9.17) is 14.6 Å². The minimum atomic E-state index is -0.894. The second-order valence-corrected chi connectivity index (χ2v) is 9.85. The lowest BCUT2D eigenvalue weighted by molar-refractivity contribution is -0.146. The highest BCUT2D eigenvalue weighted by Gasteiger charge is 2.28. The molecule has 1 aromatic heterocycles. The van der Waals surface area contributed by atoms with Gasteiger partial charge in [-0.2, -0.15) is 0 Å². The van der Waals surface area contributed by atoms with Crippen molar-refractivity contribution < 1.29 is 29.0 Å². The number of alkyl carbamates (subject to hydrolysis) is 1. The fraction of sp³-hybridized carbons (Fsp3) is 0.560. The first-order valence-electron chi connectivity index (χ1n) is 11.7. The topological polar surface area (TPSA) is 110 Å². The standard InChI is InChI=1S/C25H35N3O6/c1-25(2,3)34-23(30)26-20(15-18-16-27(4)21-8-6-5-7-19(18)21)22(29)33-14-11-17-9-12-28(13-10-17)24(31)32/h5-8,16-17,20H,9-15H2,1-4H3,(H,26,30)(H,31,32)/t20-/m1/s1. The lowest BCUT2D eigenvalue weighted by Gasteiger charge is -2.30. The van der Waals surface area contributed by atoms with Gasteiger partial charge in [0.1, 0.15) is 11.6 Å². The maximum absolute atomic E-state index is 13.0. The Hall–Kier alpha value is -3.23. The molecule has 1 fully saturated rings. The lowest BCUT2D eigenvalue weighted by atomic mass is 9.94. The smallest absolute Gasteiger partial charge is 0.408 e. The molecule has 1 aromatic carbocycles. The van der Waals surface area contributed by atoms with Crippen LogP contribution in [-0.4, -0.2) is 64.1 Å². The number of ether oxygens (including phenoxy) is 2. The molecule has 0 radical (unpaired) electrons. The number of aryl methyl sites for hydroxylation is 1. The van der Waals surface area contributed by atoms with Crippen LogP contribution in [0.3, 0.4) is 0 Å². The van der Waals surface area contributed by atoms with Gasteiger partial charge >= 0.3 is 18.2 Å². The Morgan fingerprint density at radius 2 is 1.85 bits per heavy atom. The van der Waals surface area contributed by atoms with Crippen LogP contribution in [0.4, 0.5) is 9.59 Å². The van der Waals surface area contributed by atoms with Crippen LogP contribution in [0.15, 0.2) is 30.5 Å². The van der Waals surface area contributed by atoms with E-state index in [9.17, 15) is 14.4 Å². The minimum absolute atomic E-state index is 0.221. The molecule has 1 aliphatic rings. The molecule has 3 rings (SSSR count).